The van der Waals surface area contributed by atoms with Crippen LogP contribution in [-0.4, -0.2) is 20.6 Å². The van der Waals surface area contributed by atoms with Gasteiger partial charge in [0.1, 0.15) is 11.2 Å². The van der Waals surface area contributed by atoms with E-state index in [0.29, 0.717) is 27.7 Å². The Morgan fingerprint density at radius 3 is 2.59 bits per heavy atom. The predicted molar refractivity (Wildman–Crippen MR) is 152 cm³/mol. The van der Waals surface area contributed by atoms with Crippen molar-refractivity contribution in [1.29, 1.82) is 0 Å². The molecular formula is C28H28Cl2N6O3. The quantitative estimate of drug-likeness (QED) is 0.225. The van der Waals surface area contributed by atoms with Crippen molar-refractivity contribution < 1.29 is 9.32 Å². The number of carbonyl (C=O) groups excluding carboxylic acids is 1. The first kappa shape index (κ1) is 27.9. The Labute approximate surface area is 235 Å². The van der Waals surface area contributed by atoms with Gasteiger partial charge in [-0.25, -0.2) is 4.98 Å². The van der Waals surface area contributed by atoms with E-state index >= 15 is 0 Å². The number of amides is 1. The third kappa shape index (κ3) is 7.28. The highest BCUT2D eigenvalue weighted by atomic mass is 35.5. The summed E-state index contributed by atoms with van der Waals surface area (Å²) in [6.45, 7) is 4.15. The Morgan fingerprint density at radius 2 is 1.92 bits per heavy atom. The molecule has 202 valence electrons. The van der Waals surface area contributed by atoms with Gasteiger partial charge in [-0.3, -0.25) is 14.2 Å². The first-order chi connectivity index (χ1) is 18.7. The molecule has 4 aromatic rings. The molecule has 2 aromatic carbocycles. The third-order valence-electron chi connectivity index (χ3n) is 5.97. The average Bonchev–Trinajstić information content (AvgIpc) is 3.40. The Bertz CT molecular complexity index is 1530. The molecule has 39 heavy (non-hydrogen) atoms. The average molecular weight is 567 g/mol. The van der Waals surface area contributed by atoms with Crippen molar-refractivity contribution >= 4 is 34.8 Å². The van der Waals surface area contributed by atoms with E-state index in [0.717, 1.165) is 11.3 Å². The van der Waals surface area contributed by atoms with Gasteiger partial charge in [-0.2, -0.15) is 0 Å². The standard InChI is InChI=1S/C28H28Cl2N6O3/c1-17(2)23-12-20(39-35-23)14-33-28(38)25(10-18-6-4-3-5-7-18)36-16-34-24(13-27(36)37)21-11-19(29)8-9-22(21)32-15-26(30)31/h3-9,11-13,15-17,25,32H,10,14,31H2,1-2H3,(H,33,38)/b26-15-. The summed E-state index contributed by atoms with van der Waals surface area (Å²) in [4.78, 5) is 31.3. The van der Waals surface area contributed by atoms with Gasteiger partial charge in [0.15, 0.2) is 5.76 Å². The molecule has 1 amide bonds. The Balaban J connectivity index is 1.64. The second kappa shape index (κ2) is 12.6. The molecule has 1 atom stereocenters. The largest absolute Gasteiger partial charge is 0.388 e. The summed E-state index contributed by atoms with van der Waals surface area (Å²) in [6.07, 6.45) is 3.06. The molecular weight excluding hydrogens is 539 g/mol. The van der Waals surface area contributed by atoms with Crippen molar-refractivity contribution in [2.75, 3.05) is 5.32 Å². The lowest BCUT2D eigenvalue weighted by Gasteiger charge is -2.19. The lowest BCUT2D eigenvalue weighted by molar-refractivity contribution is -0.124. The zero-order chi connectivity index (χ0) is 27.9. The second-order valence-corrected chi connectivity index (χ2v) is 10.1. The molecule has 0 bridgehead atoms. The van der Waals surface area contributed by atoms with E-state index in [1.807, 2.05) is 50.2 Å². The fourth-order valence-electron chi connectivity index (χ4n) is 3.92. The van der Waals surface area contributed by atoms with Crippen molar-refractivity contribution in [2.24, 2.45) is 5.73 Å². The monoisotopic (exact) mass is 566 g/mol. The lowest BCUT2D eigenvalue weighted by Crippen LogP contribution is -2.38. The Morgan fingerprint density at radius 1 is 1.15 bits per heavy atom. The predicted octanol–water partition coefficient (Wildman–Crippen LogP) is 5.18. The molecule has 0 saturated heterocycles. The molecule has 0 aliphatic rings. The van der Waals surface area contributed by atoms with Crippen molar-refractivity contribution in [3.8, 4) is 11.3 Å². The van der Waals surface area contributed by atoms with Crippen LogP contribution >= 0.6 is 23.2 Å². The topological polar surface area (TPSA) is 128 Å². The fraction of sp³-hybridized carbons (Fsp3) is 0.214. The smallest absolute Gasteiger partial charge is 0.254 e. The van der Waals surface area contributed by atoms with Crippen molar-refractivity contribution in [3.63, 3.8) is 0 Å². The number of rotatable bonds is 10. The molecule has 4 N–H and O–H groups in total. The molecule has 2 heterocycles. The summed E-state index contributed by atoms with van der Waals surface area (Å²) in [5.74, 6) is 0.371. The number of aromatic nitrogens is 3. The van der Waals surface area contributed by atoms with Gasteiger partial charge in [0.2, 0.25) is 5.91 Å². The van der Waals surface area contributed by atoms with E-state index < -0.39 is 11.6 Å². The maximum Gasteiger partial charge on any atom is 0.254 e. The number of benzene rings is 2. The van der Waals surface area contributed by atoms with Crippen LogP contribution in [-0.2, 0) is 17.8 Å². The van der Waals surface area contributed by atoms with Gasteiger partial charge in [-0.1, -0.05) is 72.5 Å². The summed E-state index contributed by atoms with van der Waals surface area (Å²) < 4.78 is 6.66. The molecule has 9 nitrogen and oxygen atoms in total. The molecule has 0 aliphatic carbocycles. The van der Waals surface area contributed by atoms with Crippen LogP contribution in [0.1, 0.15) is 42.8 Å². The Kier molecular flexibility index (Phi) is 9.06. The molecule has 0 radical (unpaired) electrons. The summed E-state index contributed by atoms with van der Waals surface area (Å²) in [7, 11) is 0. The van der Waals surface area contributed by atoms with Crippen molar-refractivity contribution in [2.45, 2.75) is 38.8 Å². The van der Waals surface area contributed by atoms with E-state index in [1.165, 1.54) is 23.2 Å². The van der Waals surface area contributed by atoms with Gasteiger partial charge < -0.3 is 20.9 Å². The normalized spacial score (nSPS) is 12.4. The lowest BCUT2D eigenvalue weighted by atomic mass is 10.0. The molecule has 4 rings (SSSR count). The van der Waals surface area contributed by atoms with Crippen molar-refractivity contribution in [1.82, 2.24) is 20.0 Å². The van der Waals surface area contributed by atoms with Crippen LogP contribution in [0.3, 0.4) is 0 Å². The van der Waals surface area contributed by atoms with E-state index in [1.54, 1.807) is 18.2 Å². The highest BCUT2D eigenvalue weighted by Gasteiger charge is 2.23. The highest BCUT2D eigenvalue weighted by molar-refractivity contribution is 6.31. The maximum atomic E-state index is 13.4. The number of nitrogens with zero attached hydrogens (tertiary/aromatic N) is 3. The van der Waals surface area contributed by atoms with Crippen LogP contribution < -0.4 is 21.9 Å². The van der Waals surface area contributed by atoms with Crippen molar-refractivity contribution in [3.05, 3.63) is 111 Å². The molecule has 11 heteroatoms. The van der Waals surface area contributed by atoms with E-state index in [9.17, 15) is 9.59 Å². The SMILES string of the molecule is CC(C)c1cc(CNC(=O)C(Cc2ccccc2)n2cnc(-c3cc(Cl)ccc3N/C=C(\N)Cl)cc2=O)on1. The Hall–Kier alpha value is -4.08. The van der Waals surface area contributed by atoms with Gasteiger partial charge in [-0.05, 0) is 29.7 Å². The van der Waals surface area contributed by atoms with Crippen LogP contribution in [0.15, 0.2) is 87.7 Å². The molecule has 2 aromatic heterocycles. The molecule has 1 unspecified atom stereocenters. The molecule has 0 aliphatic heterocycles. The van der Waals surface area contributed by atoms with E-state index in [2.05, 4.69) is 20.8 Å². The number of carbonyl (C=O) groups is 1. The zero-order valence-corrected chi connectivity index (χ0v) is 22.9. The van der Waals surface area contributed by atoms with Gasteiger partial charge in [0, 0.05) is 41.0 Å². The number of nitrogens with one attached hydrogen (secondary N) is 2. The van der Waals surface area contributed by atoms with E-state index in [4.69, 9.17) is 33.5 Å². The first-order valence-corrected chi connectivity index (χ1v) is 13.0. The minimum atomic E-state index is -0.857. The van der Waals surface area contributed by atoms with Gasteiger partial charge in [0.25, 0.3) is 5.56 Å². The van der Waals surface area contributed by atoms with Gasteiger partial charge in [-0.15, -0.1) is 0 Å². The molecule has 0 spiro atoms. The first-order valence-electron chi connectivity index (χ1n) is 12.2. The van der Waals surface area contributed by atoms with Crippen LogP contribution in [0, 0.1) is 0 Å². The zero-order valence-electron chi connectivity index (χ0n) is 21.4. The van der Waals surface area contributed by atoms with E-state index in [-0.39, 0.29) is 29.9 Å². The minimum Gasteiger partial charge on any atom is -0.388 e. The van der Waals surface area contributed by atoms with Crippen LogP contribution in [0.5, 0.6) is 0 Å². The summed E-state index contributed by atoms with van der Waals surface area (Å²) in [5.41, 5.74) is 8.34. The summed E-state index contributed by atoms with van der Waals surface area (Å²) in [6, 6.07) is 16.9. The van der Waals surface area contributed by atoms with Crippen LogP contribution in [0.25, 0.3) is 11.3 Å². The van der Waals surface area contributed by atoms with Gasteiger partial charge in [0.05, 0.1) is 24.3 Å². The minimum absolute atomic E-state index is 0.0554. The number of anilines is 1. The molecule has 0 fully saturated rings. The molecule has 0 saturated carbocycles. The fourth-order valence-corrected chi connectivity index (χ4v) is 4.15. The number of nitrogens with two attached hydrogens (primary N) is 1. The highest BCUT2D eigenvalue weighted by Crippen LogP contribution is 2.29. The number of halogens is 2. The summed E-state index contributed by atoms with van der Waals surface area (Å²) in [5, 5.41) is 10.4. The maximum absolute atomic E-state index is 13.4. The van der Waals surface area contributed by atoms with Crippen LogP contribution in [0.4, 0.5) is 5.69 Å². The number of hydrogen-bond acceptors (Lipinski definition) is 7. The number of hydrogen-bond donors (Lipinski definition) is 3. The third-order valence-corrected chi connectivity index (χ3v) is 6.32. The summed E-state index contributed by atoms with van der Waals surface area (Å²) >= 11 is 12.0. The van der Waals surface area contributed by atoms with Crippen LogP contribution in [0.2, 0.25) is 5.02 Å². The second-order valence-electron chi connectivity index (χ2n) is 9.18. The van der Waals surface area contributed by atoms with Gasteiger partial charge >= 0.3 is 0 Å².